The van der Waals surface area contributed by atoms with Crippen LogP contribution in [0.1, 0.15) is 31.2 Å². The second-order valence-corrected chi connectivity index (χ2v) is 5.19. The fourth-order valence-corrected chi connectivity index (χ4v) is 3.13. The van der Waals surface area contributed by atoms with Crippen LogP contribution >= 0.6 is 15.9 Å². The van der Waals surface area contributed by atoms with E-state index in [0.29, 0.717) is 5.92 Å². The molecule has 15 heavy (non-hydrogen) atoms. The highest BCUT2D eigenvalue weighted by Crippen LogP contribution is 2.34. The van der Waals surface area contributed by atoms with Crippen molar-refractivity contribution < 1.29 is 0 Å². The fourth-order valence-electron chi connectivity index (χ4n) is 2.55. The van der Waals surface area contributed by atoms with Gasteiger partial charge in [0.1, 0.15) is 0 Å². The van der Waals surface area contributed by atoms with E-state index in [0.717, 1.165) is 12.5 Å². The number of nitrogens with one attached hydrogen (secondary N) is 1. The van der Waals surface area contributed by atoms with Gasteiger partial charge in [-0.15, -0.1) is 0 Å². The van der Waals surface area contributed by atoms with E-state index < -0.39 is 0 Å². The predicted octanol–water partition coefficient (Wildman–Crippen LogP) is 3.55. The maximum absolute atomic E-state index is 3.66. The van der Waals surface area contributed by atoms with Crippen molar-refractivity contribution in [3.63, 3.8) is 0 Å². The van der Waals surface area contributed by atoms with Crippen molar-refractivity contribution in [1.82, 2.24) is 5.32 Å². The Morgan fingerprint density at radius 3 is 2.87 bits per heavy atom. The van der Waals surface area contributed by atoms with Crippen LogP contribution in [-0.4, -0.2) is 13.1 Å². The van der Waals surface area contributed by atoms with Gasteiger partial charge < -0.3 is 5.32 Å². The fraction of sp³-hybridized carbons (Fsp3) is 0.538. The molecule has 0 bridgehead atoms. The Labute approximate surface area is 100 Å². The van der Waals surface area contributed by atoms with Crippen LogP contribution in [0.2, 0.25) is 0 Å². The summed E-state index contributed by atoms with van der Waals surface area (Å²) in [5.41, 5.74) is 1.47. The molecule has 0 spiro atoms. The van der Waals surface area contributed by atoms with Crippen LogP contribution in [0.4, 0.5) is 0 Å². The van der Waals surface area contributed by atoms with Gasteiger partial charge in [-0.2, -0.15) is 0 Å². The first-order valence-corrected chi connectivity index (χ1v) is 6.57. The van der Waals surface area contributed by atoms with Crippen LogP contribution in [0.25, 0.3) is 0 Å². The molecule has 1 aromatic rings. The molecular formula is C13H18BrN. The zero-order valence-corrected chi connectivity index (χ0v) is 10.8. The van der Waals surface area contributed by atoms with Gasteiger partial charge in [0.25, 0.3) is 0 Å². The summed E-state index contributed by atoms with van der Waals surface area (Å²) in [5, 5.41) is 3.51. The van der Waals surface area contributed by atoms with Gasteiger partial charge >= 0.3 is 0 Å². The Morgan fingerprint density at radius 1 is 1.33 bits per heavy atom. The molecule has 2 rings (SSSR count). The van der Waals surface area contributed by atoms with E-state index in [4.69, 9.17) is 0 Å². The zero-order chi connectivity index (χ0) is 10.7. The van der Waals surface area contributed by atoms with E-state index in [9.17, 15) is 0 Å². The maximum atomic E-state index is 3.66. The van der Waals surface area contributed by atoms with E-state index in [-0.39, 0.29) is 0 Å². The van der Waals surface area contributed by atoms with Gasteiger partial charge in [-0.1, -0.05) is 47.5 Å². The number of hydrogen-bond donors (Lipinski definition) is 1. The molecule has 1 saturated heterocycles. The topological polar surface area (TPSA) is 12.0 Å². The van der Waals surface area contributed by atoms with Gasteiger partial charge in [0.15, 0.2) is 0 Å². The normalized spacial score (nSPS) is 25.7. The van der Waals surface area contributed by atoms with Crippen molar-refractivity contribution in [2.24, 2.45) is 5.92 Å². The van der Waals surface area contributed by atoms with E-state index in [2.05, 4.69) is 52.4 Å². The van der Waals surface area contributed by atoms with Crippen LogP contribution in [0.5, 0.6) is 0 Å². The van der Waals surface area contributed by atoms with Gasteiger partial charge in [0.05, 0.1) is 0 Å². The molecule has 82 valence electrons. The molecule has 0 aromatic heterocycles. The summed E-state index contributed by atoms with van der Waals surface area (Å²) in [7, 11) is 0. The average molecular weight is 268 g/mol. The number of rotatable bonds is 3. The Morgan fingerprint density at radius 2 is 2.13 bits per heavy atom. The lowest BCUT2D eigenvalue weighted by Crippen LogP contribution is -2.10. The Balaban J connectivity index is 2.19. The lowest BCUT2D eigenvalue weighted by molar-refractivity contribution is 0.473. The predicted molar refractivity (Wildman–Crippen MR) is 68.2 cm³/mol. The molecule has 1 heterocycles. The summed E-state index contributed by atoms with van der Waals surface area (Å²) in [6, 6.07) is 8.63. The summed E-state index contributed by atoms with van der Waals surface area (Å²) < 4.78 is 1.26. The summed E-state index contributed by atoms with van der Waals surface area (Å²) in [6.07, 6.45) is 2.62. The Kier molecular flexibility index (Phi) is 3.81. The van der Waals surface area contributed by atoms with Gasteiger partial charge in [-0.05, 0) is 30.5 Å². The highest BCUT2D eigenvalue weighted by atomic mass is 79.9. The van der Waals surface area contributed by atoms with E-state index >= 15 is 0 Å². The third kappa shape index (κ3) is 2.43. The van der Waals surface area contributed by atoms with Crippen molar-refractivity contribution in [2.75, 3.05) is 13.1 Å². The number of halogens is 1. The SMILES string of the molecule is CCC[C@@H]1CNC[C@@H]1c1ccccc1Br. The van der Waals surface area contributed by atoms with Crippen LogP contribution in [-0.2, 0) is 0 Å². The van der Waals surface area contributed by atoms with Crippen LogP contribution in [0.15, 0.2) is 28.7 Å². The molecule has 0 unspecified atom stereocenters. The highest BCUT2D eigenvalue weighted by molar-refractivity contribution is 9.10. The maximum Gasteiger partial charge on any atom is 0.0210 e. The smallest absolute Gasteiger partial charge is 0.0210 e. The second-order valence-electron chi connectivity index (χ2n) is 4.34. The summed E-state index contributed by atoms with van der Waals surface area (Å²) in [4.78, 5) is 0. The van der Waals surface area contributed by atoms with Crippen LogP contribution in [0, 0.1) is 5.92 Å². The summed E-state index contributed by atoms with van der Waals surface area (Å²) in [6.45, 7) is 4.59. The third-order valence-corrected chi connectivity index (χ3v) is 4.03. The van der Waals surface area contributed by atoms with Gasteiger partial charge in [0.2, 0.25) is 0 Å². The molecule has 1 N–H and O–H groups in total. The minimum absolute atomic E-state index is 0.695. The standard InChI is InChI=1S/C13H18BrN/c1-2-5-10-8-15-9-12(10)11-6-3-4-7-13(11)14/h3-4,6-7,10,12,15H,2,5,8-9H2,1H3/t10-,12+/m1/s1. The molecule has 1 aliphatic heterocycles. The molecular weight excluding hydrogens is 250 g/mol. The van der Waals surface area contributed by atoms with Gasteiger partial charge in [-0.3, -0.25) is 0 Å². The van der Waals surface area contributed by atoms with Crippen molar-refractivity contribution >= 4 is 15.9 Å². The summed E-state index contributed by atoms with van der Waals surface area (Å²) in [5.74, 6) is 1.51. The molecule has 1 aliphatic rings. The van der Waals surface area contributed by atoms with Crippen molar-refractivity contribution in [3.8, 4) is 0 Å². The van der Waals surface area contributed by atoms with Crippen LogP contribution in [0.3, 0.4) is 0 Å². The molecule has 1 nitrogen and oxygen atoms in total. The van der Waals surface area contributed by atoms with E-state index in [1.807, 2.05) is 0 Å². The third-order valence-electron chi connectivity index (χ3n) is 3.30. The van der Waals surface area contributed by atoms with E-state index in [1.54, 1.807) is 0 Å². The monoisotopic (exact) mass is 267 g/mol. The number of hydrogen-bond acceptors (Lipinski definition) is 1. The van der Waals surface area contributed by atoms with Gasteiger partial charge in [0, 0.05) is 16.9 Å². The summed E-state index contributed by atoms with van der Waals surface area (Å²) >= 11 is 3.66. The van der Waals surface area contributed by atoms with Gasteiger partial charge in [-0.25, -0.2) is 0 Å². The van der Waals surface area contributed by atoms with Crippen LogP contribution < -0.4 is 5.32 Å². The van der Waals surface area contributed by atoms with E-state index in [1.165, 1.54) is 29.4 Å². The molecule has 2 atom stereocenters. The first kappa shape index (κ1) is 11.2. The quantitative estimate of drug-likeness (QED) is 0.884. The van der Waals surface area contributed by atoms with Crippen molar-refractivity contribution in [2.45, 2.75) is 25.7 Å². The Bertz CT molecular complexity index is 324. The lowest BCUT2D eigenvalue weighted by atomic mass is 9.86. The molecule has 2 heteroatoms. The average Bonchev–Trinajstić information content (AvgIpc) is 2.67. The zero-order valence-electron chi connectivity index (χ0n) is 9.17. The highest BCUT2D eigenvalue weighted by Gasteiger charge is 2.28. The minimum Gasteiger partial charge on any atom is -0.316 e. The largest absolute Gasteiger partial charge is 0.316 e. The molecule has 0 radical (unpaired) electrons. The molecule has 0 aliphatic carbocycles. The minimum atomic E-state index is 0.695. The first-order chi connectivity index (χ1) is 7.33. The molecule has 1 fully saturated rings. The van der Waals surface area contributed by atoms with Crippen molar-refractivity contribution in [1.29, 1.82) is 0 Å². The molecule has 1 aromatic carbocycles. The second kappa shape index (κ2) is 5.13. The number of benzene rings is 1. The first-order valence-electron chi connectivity index (χ1n) is 5.78. The van der Waals surface area contributed by atoms with Crippen molar-refractivity contribution in [3.05, 3.63) is 34.3 Å². The Hall–Kier alpha value is -0.340. The molecule has 0 amide bonds. The molecule has 0 saturated carbocycles. The lowest BCUT2D eigenvalue weighted by Gasteiger charge is -2.19.